The van der Waals surface area contributed by atoms with Crippen molar-refractivity contribution < 1.29 is 41.7 Å². The second-order valence-corrected chi connectivity index (χ2v) is 4.40. The van der Waals surface area contributed by atoms with E-state index < -0.39 is 0 Å². The molecule has 1 radical (unpaired) electrons. The molecule has 0 bridgehead atoms. The molecule has 3 aliphatic rings. The Morgan fingerprint density at radius 2 is 0.895 bits per heavy atom. The minimum absolute atomic E-state index is 0. The van der Waals surface area contributed by atoms with Gasteiger partial charge in [-0.25, -0.2) is 34.9 Å². The SMILES string of the molecule is CC1=[C-]CC=C1.CC1=[C-]CC=C1.CC1=[C-]CC=C1.[Ce+3]. The zero-order valence-electron chi connectivity index (χ0n) is 12.1. The van der Waals surface area contributed by atoms with Gasteiger partial charge in [-0.15, -0.1) is 19.3 Å². The van der Waals surface area contributed by atoms with Crippen LogP contribution in [-0.2, 0) is 0 Å². The second kappa shape index (κ2) is 11.6. The molecule has 3 aliphatic carbocycles. The van der Waals surface area contributed by atoms with Crippen molar-refractivity contribution in [3.05, 3.63) is 71.4 Å². The Bertz CT molecular complexity index is 354. The van der Waals surface area contributed by atoms with Crippen molar-refractivity contribution >= 4 is 0 Å². The van der Waals surface area contributed by atoms with Gasteiger partial charge >= 0.3 is 41.7 Å². The van der Waals surface area contributed by atoms with Crippen LogP contribution in [0.15, 0.2) is 53.2 Å². The van der Waals surface area contributed by atoms with Crippen molar-refractivity contribution in [2.45, 2.75) is 40.0 Å². The number of hydrogen-bond donors (Lipinski definition) is 0. The molecule has 0 nitrogen and oxygen atoms in total. The Kier molecular flexibility index (Phi) is 11.5. The van der Waals surface area contributed by atoms with Crippen LogP contribution >= 0.6 is 0 Å². The largest absolute Gasteiger partial charge is 3.00 e. The Morgan fingerprint density at radius 1 is 0.632 bits per heavy atom. The van der Waals surface area contributed by atoms with Crippen molar-refractivity contribution in [2.24, 2.45) is 0 Å². The average Bonchev–Trinajstić information content (AvgIpc) is 3.05. The molecule has 97 valence electrons. The van der Waals surface area contributed by atoms with Crippen molar-refractivity contribution in [2.75, 3.05) is 0 Å². The normalized spacial score (nSPS) is 17.5. The maximum Gasteiger partial charge on any atom is 3.00 e. The zero-order chi connectivity index (χ0) is 13.2. The van der Waals surface area contributed by atoms with Gasteiger partial charge in [0, 0.05) is 0 Å². The quantitative estimate of drug-likeness (QED) is 0.516. The van der Waals surface area contributed by atoms with Crippen molar-refractivity contribution in [1.82, 2.24) is 0 Å². The molecule has 3 rings (SSSR count). The third-order valence-electron chi connectivity index (χ3n) is 2.60. The maximum absolute atomic E-state index is 3.12. The van der Waals surface area contributed by atoms with Gasteiger partial charge in [-0.05, 0) is 0 Å². The summed E-state index contributed by atoms with van der Waals surface area (Å²) in [6, 6.07) is 0. The molecule has 1 heteroatoms. The van der Waals surface area contributed by atoms with E-state index in [0.717, 1.165) is 19.3 Å². The molecule has 0 aliphatic heterocycles. The van der Waals surface area contributed by atoms with Crippen LogP contribution < -0.4 is 0 Å². The molecule has 0 spiro atoms. The van der Waals surface area contributed by atoms with Gasteiger partial charge in [0.25, 0.3) is 0 Å². The van der Waals surface area contributed by atoms with Crippen LogP contribution in [0.3, 0.4) is 0 Å². The average molecular weight is 377 g/mol. The van der Waals surface area contributed by atoms with E-state index in [2.05, 4.69) is 75.5 Å². The Hall–Kier alpha value is -0.183. The standard InChI is InChI=1S/3C6H7.Ce/c3*1-6-4-2-3-5-6;/h3*2,4H,3H2,1H3;/q3*-1;+3. The first-order valence-electron chi connectivity index (χ1n) is 6.40. The van der Waals surface area contributed by atoms with E-state index >= 15 is 0 Å². The summed E-state index contributed by atoms with van der Waals surface area (Å²) >= 11 is 0. The van der Waals surface area contributed by atoms with E-state index in [-0.39, 0.29) is 41.7 Å². The maximum atomic E-state index is 3.12. The molecular weight excluding hydrogens is 356 g/mol. The zero-order valence-corrected chi connectivity index (χ0v) is 15.2. The third-order valence-corrected chi connectivity index (χ3v) is 2.60. The van der Waals surface area contributed by atoms with E-state index in [1.165, 1.54) is 16.7 Å². The summed E-state index contributed by atoms with van der Waals surface area (Å²) in [6.45, 7) is 6.18. The van der Waals surface area contributed by atoms with E-state index in [1.807, 2.05) is 0 Å². The van der Waals surface area contributed by atoms with Crippen LogP contribution in [0, 0.1) is 60.0 Å². The van der Waals surface area contributed by atoms with E-state index in [9.17, 15) is 0 Å². The number of allylic oxidation sites excluding steroid dienone is 12. The van der Waals surface area contributed by atoms with Crippen molar-refractivity contribution in [3.8, 4) is 0 Å². The van der Waals surface area contributed by atoms with Crippen molar-refractivity contribution in [1.29, 1.82) is 0 Å². The van der Waals surface area contributed by atoms with Gasteiger partial charge in [0.15, 0.2) is 0 Å². The van der Waals surface area contributed by atoms with Gasteiger partial charge < -0.3 is 0 Å². The molecule has 0 aromatic carbocycles. The minimum atomic E-state index is 0. The predicted octanol–water partition coefficient (Wildman–Crippen LogP) is 5.09. The van der Waals surface area contributed by atoms with Gasteiger partial charge in [-0.3, -0.25) is 18.2 Å². The fraction of sp³-hybridized carbons (Fsp3) is 0.333. The van der Waals surface area contributed by atoms with Crippen LogP contribution in [0.5, 0.6) is 0 Å². The summed E-state index contributed by atoms with van der Waals surface area (Å²) in [4.78, 5) is 0. The molecule has 0 aromatic rings. The Balaban J connectivity index is 0.000000249. The summed E-state index contributed by atoms with van der Waals surface area (Å²) in [5.41, 5.74) is 3.82. The summed E-state index contributed by atoms with van der Waals surface area (Å²) in [5, 5.41) is 0. The molecule has 0 saturated heterocycles. The van der Waals surface area contributed by atoms with Crippen LogP contribution in [0.2, 0.25) is 0 Å². The van der Waals surface area contributed by atoms with E-state index in [4.69, 9.17) is 0 Å². The molecular formula is C18H21Ce. The molecule has 0 aromatic heterocycles. The smallest absolute Gasteiger partial charge is 0.270 e. The topological polar surface area (TPSA) is 0 Å². The molecule has 0 saturated carbocycles. The summed E-state index contributed by atoms with van der Waals surface area (Å²) in [7, 11) is 0. The third kappa shape index (κ3) is 10.3. The first-order valence-corrected chi connectivity index (χ1v) is 6.40. The Labute approximate surface area is 152 Å². The number of rotatable bonds is 0. The van der Waals surface area contributed by atoms with E-state index in [0.29, 0.717) is 0 Å². The first kappa shape index (κ1) is 18.8. The van der Waals surface area contributed by atoms with Crippen LogP contribution in [0.1, 0.15) is 40.0 Å². The second-order valence-electron chi connectivity index (χ2n) is 4.40. The van der Waals surface area contributed by atoms with Crippen molar-refractivity contribution in [3.63, 3.8) is 0 Å². The van der Waals surface area contributed by atoms with E-state index in [1.54, 1.807) is 0 Å². The molecule has 0 fully saturated rings. The molecule has 0 heterocycles. The van der Waals surface area contributed by atoms with Gasteiger partial charge in [0.2, 0.25) is 0 Å². The minimum Gasteiger partial charge on any atom is -0.270 e. The van der Waals surface area contributed by atoms with Crippen LogP contribution in [0.25, 0.3) is 0 Å². The fourth-order valence-corrected chi connectivity index (χ4v) is 1.54. The van der Waals surface area contributed by atoms with Crippen LogP contribution in [-0.4, -0.2) is 0 Å². The first-order chi connectivity index (χ1) is 8.68. The van der Waals surface area contributed by atoms with Gasteiger partial charge in [-0.2, -0.15) is 18.2 Å². The van der Waals surface area contributed by atoms with Gasteiger partial charge in [0.05, 0.1) is 0 Å². The fourth-order valence-electron chi connectivity index (χ4n) is 1.54. The summed E-state index contributed by atoms with van der Waals surface area (Å²) in [5.74, 6) is 0. The number of hydrogen-bond acceptors (Lipinski definition) is 0. The molecule has 0 amide bonds. The molecule has 19 heavy (non-hydrogen) atoms. The van der Waals surface area contributed by atoms with Crippen LogP contribution in [0.4, 0.5) is 0 Å². The molecule has 0 atom stereocenters. The summed E-state index contributed by atoms with van der Waals surface area (Å²) < 4.78 is 0. The monoisotopic (exact) mass is 377 g/mol. The predicted molar refractivity (Wildman–Crippen MR) is 78.6 cm³/mol. The molecule has 0 N–H and O–H groups in total. The van der Waals surface area contributed by atoms with Gasteiger partial charge in [-0.1, -0.05) is 20.8 Å². The molecule has 0 unspecified atom stereocenters. The van der Waals surface area contributed by atoms with Gasteiger partial charge in [0.1, 0.15) is 0 Å². The Morgan fingerprint density at radius 3 is 0.947 bits per heavy atom. The summed E-state index contributed by atoms with van der Waals surface area (Å²) in [6.07, 6.45) is 25.0.